The third-order valence-corrected chi connectivity index (χ3v) is 5.81. The second-order valence-corrected chi connectivity index (χ2v) is 7.45. The Labute approximate surface area is 184 Å². The zero-order valence-corrected chi connectivity index (χ0v) is 19.2. The normalized spacial score (nSPS) is 13.7. The summed E-state index contributed by atoms with van der Waals surface area (Å²) in [4.78, 5) is 17.1. The molecule has 7 heteroatoms. The summed E-state index contributed by atoms with van der Waals surface area (Å²) >= 11 is 0. The third kappa shape index (κ3) is 4.81. The predicted molar refractivity (Wildman–Crippen MR) is 124 cm³/mol. The maximum Gasteiger partial charge on any atom is 0.321 e. The summed E-state index contributed by atoms with van der Waals surface area (Å²) in [6.45, 7) is 6.95. The van der Waals surface area contributed by atoms with Gasteiger partial charge in [-0.15, -0.1) is 0 Å². The lowest BCUT2D eigenvalue weighted by molar-refractivity contribution is 0.208. The van der Waals surface area contributed by atoms with Crippen molar-refractivity contribution in [1.82, 2.24) is 4.90 Å². The number of ether oxygens (including phenoxy) is 3. The highest BCUT2D eigenvalue weighted by molar-refractivity contribution is 5.91. The van der Waals surface area contributed by atoms with Crippen LogP contribution >= 0.6 is 0 Å². The summed E-state index contributed by atoms with van der Waals surface area (Å²) < 4.78 is 16.4. The van der Waals surface area contributed by atoms with E-state index < -0.39 is 0 Å². The first-order valence-corrected chi connectivity index (χ1v) is 10.8. The number of benzene rings is 2. The average molecular weight is 428 g/mol. The number of methoxy groups -OCH3 is 3. The van der Waals surface area contributed by atoms with E-state index in [1.165, 1.54) is 11.1 Å². The Morgan fingerprint density at radius 1 is 0.903 bits per heavy atom. The van der Waals surface area contributed by atoms with Crippen LogP contribution in [0.25, 0.3) is 0 Å². The lowest BCUT2D eigenvalue weighted by atomic mass is 10.0. The first-order chi connectivity index (χ1) is 15.1. The van der Waals surface area contributed by atoms with E-state index in [2.05, 4.69) is 42.3 Å². The molecule has 2 aromatic carbocycles. The van der Waals surface area contributed by atoms with Crippen LogP contribution in [0.4, 0.5) is 16.2 Å². The van der Waals surface area contributed by atoms with Gasteiger partial charge in [0.25, 0.3) is 0 Å². The summed E-state index contributed by atoms with van der Waals surface area (Å²) in [5.41, 5.74) is 4.29. The minimum Gasteiger partial charge on any atom is -0.493 e. The van der Waals surface area contributed by atoms with Crippen LogP contribution in [0.2, 0.25) is 0 Å². The van der Waals surface area contributed by atoms with Crippen LogP contribution in [0.3, 0.4) is 0 Å². The van der Waals surface area contributed by atoms with E-state index >= 15 is 0 Å². The highest BCUT2D eigenvalue weighted by atomic mass is 16.5. The zero-order chi connectivity index (χ0) is 22.4. The van der Waals surface area contributed by atoms with Crippen LogP contribution in [0, 0.1) is 0 Å². The number of hydrogen-bond acceptors (Lipinski definition) is 5. The van der Waals surface area contributed by atoms with Crippen molar-refractivity contribution in [1.29, 1.82) is 0 Å². The monoisotopic (exact) mass is 427 g/mol. The average Bonchev–Trinajstić information content (AvgIpc) is 2.83. The number of hydrogen-bond donors (Lipinski definition) is 1. The highest BCUT2D eigenvalue weighted by Crippen LogP contribution is 2.41. The number of rotatable bonds is 7. The van der Waals surface area contributed by atoms with Crippen LogP contribution in [0.5, 0.6) is 17.2 Å². The number of nitrogens with one attached hydrogen (secondary N) is 1. The number of carbonyl (C=O) groups is 1. The molecule has 1 aliphatic rings. The van der Waals surface area contributed by atoms with E-state index in [4.69, 9.17) is 14.2 Å². The predicted octanol–water partition coefficient (Wildman–Crippen LogP) is 4.19. The standard InChI is InChI=1S/C24H33N3O4/c1-6-17-9-8-10-18(7-2)22(17)25-24(28)27-13-11-26(12-14-27)19-15-20(29-3)23(31-5)21(16-19)30-4/h8-10,15-16H,6-7,11-14H2,1-5H3,(H,25,28). The molecule has 0 atom stereocenters. The number of amides is 2. The van der Waals surface area contributed by atoms with E-state index in [0.717, 1.165) is 37.3 Å². The van der Waals surface area contributed by atoms with Crippen molar-refractivity contribution in [3.8, 4) is 17.2 Å². The van der Waals surface area contributed by atoms with Crippen molar-refractivity contribution in [3.05, 3.63) is 41.5 Å². The minimum atomic E-state index is -0.0415. The Hall–Kier alpha value is -3.09. The van der Waals surface area contributed by atoms with Crippen molar-refractivity contribution in [3.63, 3.8) is 0 Å². The van der Waals surface area contributed by atoms with E-state index in [1.807, 2.05) is 17.0 Å². The maximum absolute atomic E-state index is 13.0. The third-order valence-electron chi connectivity index (χ3n) is 5.81. The van der Waals surface area contributed by atoms with Crippen molar-refractivity contribution in [2.24, 2.45) is 0 Å². The van der Waals surface area contributed by atoms with E-state index in [0.29, 0.717) is 30.3 Å². The van der Waals surface area contributed by atoms with Gasteiger partial charge in [0.05, 0.1) is 21.3 Å². The molecule has 2 aromatic rings. The second kappa shape index (κ2) is 10.3. The fraction of sp³-hybridized carbons (Fsp3) is 0.458. The lowest BCUT2D eigenvalue weighted by Gasteiger charge is -2.36. The molecule has 1 fully saturated rings. The molecule has 1 saturated heterocycles. The zero-order valence-electron chi connectivity index (χ0n) is 19.2. The van der Waals surface area contributed by atoms with Gasteiger partial charge in [-0.3, -0.25) is 0 Å². The molecule has 0 saturated carbocycles. The van der Waals surface area contributed by atoms with Crippen LogP contribution in [0.1, 0.15) is 25.0 Å². The Morgan fingerprint density at radius 3 is 1.90 bits per heavy atom. The van der Waals surface area contributed by atoms with Gasteiger partial charge >= 0.3 is 6.03 Å². The molecule has 1 N–H and O–H groups in total. The summed E-state index contributed by atoms with van der Waals surface area (Å²) in [5.74, 6) is 1.83. The molecule has 31 heavy (non-hydrogen) atoms. The highest BCUT2D eigenvalue weighted by Gasteiger charge is 2.24. The quantitative estimate of drug-likeness (QED) is 0.718. The lowest BCUT2D eigenvalue weighted by Crippen LogP contribution is -2.50. The summed E-state index contributed by atoms with van der Waals surface area (Å²) in [6, 6.07) is 10.1. The van der Waals surface area contributed by atoms with Crippen molar-refractivity contribution < 1.29 is 19.0 Å². The van der Waals surface area contributed by atoms with Gasteiger partial charge in [0, 0.05) is 49.7 Å². The van der Waals surface area contributed by atoms with Crippen molar-refractivity contribution in [2.75, 3.05) is 57.7 Å². The van der Waals surface area contributed by atoms with Crippen LogP contribution in [-0.4, -0.2) is 58.4 Å². The van der Waals surface area contributed by atoms with Gasteiger partial charge in [0.15, 0.2) is 11.5 Å². The fourth-order valence-electron chi connectivity index (χ4n) is 4.01. The van der Waals surface area contributed by atoms with Crippen molar-refractivity contribution in [2.45, 2.75) is 26.7 Å². The molecule has 0 aliphatic carbocycles. The first kappa shape index (κ1) is 22.6. The molecule has 3 rings (SSSR count). The Balaban J connectivity index is 1.70. The maximum atomic E-state index is 13.0. The molecule has 1 aliphatic heterocycles. The van der Waals surface area contributed by atoms with E-state index in [-0.39, 0.29) is 6.03 Å². The number of urea groups is 1. The molecule has 168 valence electrons. The number of para-hydroxylation sites is 1. The molecule has 0 spiro atoms. The molecule has 2 amide bonds. The number of carbonyl (C=O) groups excluding carboxylic acids is 1. The van der Waals surface area contributed by atoms with Gasteiger partial charge in [-0.2, -0.15) is 0 Å². The van der Waals surface area contributed by atoms with Gasteiger partial charge in [-0.1, -0.05) is 32.0 Å². The Morgan fingerprint density at radius 2 is 1.45 bits per heavy atom. The minimum absolute atomic E-state index is 0.0415. The Kier molecular flexibility index (Phi) is 7.50. The van der Waals surface area contributed by atoms with Gasteiger partial charge in [0.2, 0.25) is 5.75 Å². The van der Waals surface area contributed by atoms with Crippen LogP contribution in [0.15, 0.2) is 30.3 Å². The van der Waals surface area contributed by atoms with Gasteiger partial charge in [0.1, 0.15) is 0 Å². The number of piperazine rings is 1. The molecular formula is C24H33N3O4. The summed E-state index contributed by atoms with van der Waals surface area (Å²) in [7, 11) is 4.82. The topological polar surface area (TPSA) is 63.3 Å². The van der Waals surface area contributed by atoms with Gasteiger partial charge < -0.3 is 29.3 Å². The number of aryl methyl sites for hydroxylation is 2. The SMILES string of the molecule is CCc1cccc(CC)c1NC(=O)N1CCN(c2cc(OC)c(OC)c(OC)c2)CC1. The fourth-order valence-corrected chi connectivity index (χ4v) is 4.01. The number of nitrogens with zero attached hydrogens (tertiary/aromatic N) is 2. The summed E-state index contributed by atoms with van der Waals surface area (Å²) in [5, 5.41) is 3.17. The van der Waals surface area contributed by atoms with E-state index in [1.54, 1.807) is 21.3 Å². The number of anilines is 2. The van der Waals surface area contributed by atoms with Crippen molar-refractivity contribution >= 4 is 17.4 Å². The molecule has 0 aromatic heterocycles. The van der Waals surface area contributed by atoms with Crippen LogP contribution in [-0.2, 0) is 12.8 Å². The molecule has 0 radical (unpaired) electrons. The van der Waals surface area contributed by atoms with Gasteiger partial charge in [-0.25, -0.2) is 4.79 Å². The smallest absolute Gasteiger partial charge is 0.321 e. The second-order valence-electron chi connectivity index (χ2n) is 7.45. The largest absolute Gasteiger partial charge is 0.493 e. The molecule has 7 nitrogen and oxygen atoms in total. The van der Waals surface area contributed by atoms with Gasteiger partial charge in [-0.05, 0) is 24.0 Å². The summed E-state index contributed by atoms with van der Waals surface area (Å²) in [6.07, 6.45) is 1.77. The molecule has 0 bridgehead atoms. The van der Waals surface area contributed by atoms with Crippen LogP contribution < -0.4 is 24.4 Å². The Bertz CT molecular complexity index is 860. The molecule has 1 heterocycles. The molecule has 0 unspecified atom stereocenters. The van der Waals surface area contributed by atoms with E-state index in [9.17, 15) is 4.79 Å². The molecular weight excluding hydrogens is 394 g/mol. The first-order valence-electron chi connectivity index (χ1n) is 10.8.